The molecule has 3 aromatic rings. The highest BCUT2D eigenvalue weighted by Gasteiger charge is 2.13. The molecule has 0 saturated heterocycles. The smallest absolute Gasteiger partial charge is 0.340 e. The van der Waals surface area contributed by atoms with E-state index in [1.165, 1.54) is 12.1 Å². The minimum atomic E-state index is -1.24. The summed E-state index contributed by atoms with van der Waals surface area (Å²) in [4.78, 5) is 38.0. The molecular weight excluding hydrogens is 516 g/mol. The van der Waals surface area contributed by atoms with Gasteiger partial charge in [-0.05, 0) is 43.4 Å². The molecule has 1 atom stereocenters. The maximum absolute atomic E-state index is 13.0. The van der Waals surface area contributed by atoms with Crippen molar-refractivity contribution in [3.8, 4) is 0 Å². The van der Waals surface area contributed by atoms with Gasteiger partial charge in [0.05, 0.1) is 23.5 Å². The summed E-state index contributed by atoms with van der Waals surface area (Å²) in [5.74, 6) is -0.542. The van der Waals surface area contributed by atoms with Crippen molar-refractivity contribution >= 4 is 17.3 Å². The number of para-hydroxylation sites is 2. The van der Waals surface area contributed by atoms with Gasteiger partial charge in [0.1, 0.15) is 12.0 Å². The number of esters is 1. The molecule has 0 amide bonds. The average Bonchev–Trinajstić information content (AvgIpc) is 2.97. The first kappa shape index (κ1) is 30.3. The first-order valence-electron chi connectivity index (χ1n) is 13.0. The van der Waals surface area contributed by atoms with Crippen LogP contribution in [0.4, 0.5) is 11.4 Å². The first-order chi connectivity index (χ1) is 19.5. The van der Waals surface area contributed by atoms with E-state index in [0.29, 0.717) is 30.0 Å². The molecule has 3 rings (SSSR count). The van der Waals surface area contributed by atoms with Crippen LogP contribution in [0.2, 0.25) is 0 Å². The number of aliphatic hydroxyl groups excluding tert-OH is 1. The van der Waals surface area contributed by atoms with Gasteiger partial charge in [-0.1, -0.05) is 44.2 Å². The lowest BCUT2D eigenvalue weighted by Crippen LogP contribution is -2.48. The van der Waals surface area contributed by atoms with Gasteiger partial charge in [0.25, 0.3) is 0 Å². The fraction of sp³-hybridized carbons (Fsp3) is 0.321. The number of carbonyl (C=O) groups excluding carboxylic acids is 1. The molecule has 0 spiro atoms. The predicted molar refractivity (Wildman–Crippen MR) is 151 cm³/mol. The van der Waals surface area contributed by atoms with Gasteiger partial charge in [0.2, 0.25) is 10.9 Å². The molecule has 0 aliphatic carbocycles. The van der Waals surface area contributed by atoms with E-state index in [2.05, 4.69) is 31.7 Å². The molecule has 0 fully saturated rings. The summed E-state index contributed by atoms with van der Waals surface area (Å²) in [6.07, 6.45) is -1.24. The van der Waals surface area contributed by atoms with Crippen LogP contribution in [-0.4, -0.2) is 50.5 Å². The molecular formula is C28H34N6O6. The zero-order chi connectivity index (χ0) is 28.7. The zero-order valence-corrected chi connectivity index (χ0v) is 22.5. The number of rotatable bonds is 15. The van der Waals surface area contributed by atoms with Gasteiger partial charge in [-0.3, -0.25) is 20.4 Å². The lowest BCUT2D eigenvalue weighted by Gasteiger charge is -2.15. The quantitative estimate of drug-likeness (QED) is 0.0780. The summed E-state index contributed by atoms with van der Waals surface area (Å²) in [5.41, 5.74) is 5.39. The third kappa shape index (κ3) is 8.64. The summed E-state index contributed by atoms with van der Waals surface area (Å²) in [6, 6.07) is 15.7. The van der Waals surface area contributed by atoms with Gasteiger partial charge in [-0.25, -0.2) is 4.79 Å². The van der Waals surface area contributed by atoms with Crippen molar-refractivity contribution in [3.05, 3.63) is 103 Å². The van der Waals surface area contributed by atoms with Crippen molar-refractivity contribution in [1.82, 2.24) is 10.6 Å². The second-order valence-electron chi connectivity index (χ2n) is 8.41. The van der Waals surface area contributed by atoms with Crippen molar-refractivity contribution < 1.29 is 19.4 Å². The molecule has 0 aliphatic heterocycles. The van der Waals surface area contributed by atoms with Gasteiger partial charge in [-0.15, -0.1) is 0 Å². The molecule has 0 aromatic heterocycles. The Labute approximate surface area is 231 Å². The van der Waals surface area contributed by atoms with Gasteiger partial charge in [-0.2, -0.15) is 10.2 Å². The molecule has 0 aliphatic rings. The van der Waals surface area contributed by atoms with Crippen molar-refractivity contribution in [2.45, 2.75) is 20.1 Å². The Morgan fingerprint density at radius 2 is 1.50 bits per heavy atom. The molecule has 0 saturated carbocycles. The summed E-state index contributed by atoms with van der Waals surface area (Å²) in [7, 11) is 0. The molecule has 3 aromatic carbocycles. The fourth-order valence-electron chi connectivity index (χ4n) is 3.53. The van der Waals surface area contributed by atoms with Crippen molar-refractivity contribution in [2.75, 3.05) is 50.2 Å². The summed E-state index contributed by atoms with van der Waals surface area (Å²) in [6.45, 7) is 7.04. The van der Waals surface area contributed by atoms with Crippen molar-refractivity contribution in [1.29, 1.82) is 0 Å². The third-order valence-electron chi connectivity index (χ3n) is 5.60. The number of likely N-dealkylation sites (N-methyl/N-ethyl adjacent to an activating group) is 2. The van der Waals surface area contributed by atoms with Crippen LogP contribution < -0.4 is 43.1 Å². The predicted octanol–water partition coefficient (Wildman–Crippen LogP) is 0.522. The second kappa shape index (κ2) is 16.0. The first-order valence-corrected chi connectivity index (χ1v) is 13.0. The van der Waals surface area contributed by atoms with Crippen LogP contribution in [0.1, 0.15) is 36.1 Å². The van der Waals surface area contributed by atoms with E-state index in [9.17, 15) is 19.5 Å². The molecule has 5 N–H and O–H groups in total. The van der Waals surface area contributed by atoms with E-state index in [0.717, 1.165) is 13.1 Å². The van der Waals surface area contributed by atoms with Crippen molar-refractivity contribution in [2.24, 2.45) is 10.2 Å². The number of nitrogens with one attached hydrogen (secondary N) is 4. The van der Waals surface area contributed by atoms with Crippen LogP contribution in [-0.2, 0) is 9.47 Å². The van der Waals surface area contributed by atoms with Crippen LogP contribution in [0.25, 0.3) is 0 Å². The summed E-state index contributed by atoms with van der Waals surface area (Å²) >= 11 is 0. The Kier molecular flexibility index (Phi) is 12.1. The zero-order valence-electron chi connectivity index (χ0n) is 22.5. The van der Waals surface area contributed by atoms with Crippen LogP contribution >= 0.6 is 0 Å². The maximum atomic E-state index is 13.0. The number of aliphatic hydroxyl groups is 1. The Hall–Kier alpha value is -4.23. The van der Waals surface area contributed by atoms with E-state index in [-0.39, 0.29) is 24.1 Å². The Bertz CT molecular complexity index is 1490. The highest BCUT2D eigenvalue weighted by molar-refractivity contribution is 5.95. The van der Waals surface area contributed by atoms with Crippen LogP contribution in [0.15, 0.2) is 80.5 Å². The topological polar surface area (TPSA) is 163 Å². The van der Waals surface area contributed by atoms with E-state index in [1.54, 1.807) is 48.5 Å². The summed E-state index contributed by atoms with van der Waals surface area (Å²) < 4.78 is 10.7. The maximum Gasteiger partial charge on any atom is 0.340 e. The molecule has 40 heavy (non-hydrogen) atoms. The normalized spacial score (nSPS) is 12.8. The van der Waals surface area contributed by atoms with E-state index in [4.69, 9.17) is 9.47 Å². The lowest BCUT2D eigenvalue weighted by atomic mass is 10.2. The van der Waals surface area contributed by atoms with E-state index < -0.39 is 28.5 Å². The lowest BCUT2D eigenvalue weighted by molar-refractivity contribution is -0.101. The Morgan fingerprint density at radius 1 is 0.850 bits per heavy atom. The molecule has 212 valence electrons. The second-order valence-corrected chi connectivity index (χ2v) is 8.41. The third-order valence-corrected chi connectivity index (χ3v) is 5.60. The molecule has 12 heteroatoms. The van der Waals surface area contributed by atoms with E-state index >= 15 is 0 Å². The molecule has 0 radical (unpaired) electrons. The van der Waals surface area contributed by atoms with Crippen LogP contribution in [0, 0.1) is 0 Å². The number of ether oxygens (including phenoxy) is 2. The number of hydrogen-bond acceptors (Lipinski definition) is 12. The fourth-order valence-corrected chi connectivity index (χ4v) is 3.53. The summed E-state index contributed by atoms with van der Waals surface area (Å²) in [5, 5.41) is 24.3. The number of nitrogens with zero attached hydrogens (tertiary/aromatic N) is 2. The number of carbonyl (C=O) groups is 1. The monoisotopic (exact) mass is 550 g/mol. The van der Waals surface area contributed by atoms with Gasteiger partial charge in [0, 0.05) is 18.7 Å². The van der Waals surface area contributed by atoms with Gasteiger partial charge in [0.15, 0.2) is 11.6 Å². The molecule has 1 unspecified atom stereocenters. The largest absolute Gasteiger partial charge is 0.461 e. The minimum absolute atomic E-state index is 0.0875. The van der Waals surface area contributed by atoms with Crippen LogP contribution in [0.3, 0.4) is 0 Å². The van der Waals surface area contributed by atoms with Gasteiger partial charge >= 0.3 is 5.97 Å². The average molecular weight is 551 g/mol. The van der Waals surface area contributed by atoms with Gasteiger partial charge < -0.3 is 25.2 Å². The van der Waals surface area contributed by atoms with Crippen LogP contribution in [0.5, 0.6) is 0 Å². The van der Waals surface area contributed by atoms with Crippen molar-refractivity contribution in [3.63, 3.8) is 0 Å². The molecule has 0 bridgehead atoms. The Balaban J connectivity index is 1.82. The highest BCUT2D eigenvalue weighted by atomic mass is 16.6. The number of anilines is 2. The minimum Gasteiger partial charge on any atom is -0.461 e. The number of hydrogen-bond donors (Lipinski definition) is 5. The Morgan fingerprint density at radius 3 is 2.25 bits per heavy atom. The number of benzene rings is 3. The molecule has 12 nitrogen and oxygen atoms in total. The molecule has 0 heterocycles. The highest BCUT2D eigenvalue weighted by Crippen LogP contribution is 2.23. The standard InChI is InChI=1S/C28H34N6O6/c1-3-29-15-17-39-27(37)19-9-5-7-11-21(19)31-33-23-13-14-24(35)25(26(23)36)34-32-22-12-8-6-10-20(22)28(38)40-18-16-30-4-2/h5-14,28-32,38H,3-4,15-18H2,1-2H3. The van der Waals surface area contributed by atoms with E-state index in [1.807, 2.05) is 13.8 Å². The SMILES string of the molecule is CCNCCOC(=O)c1ccccc1NN=c1ccc(=O)c(=NNc2ccccc2C(O)OCCNCC)c1=O.